The van der Waals surface area contributed by atoms with Gasteiger partial charge in [0.15, 0.2) is 0 Å². The maximum absolute atomic E-state index is 12.0. The molecule has 4 N–H and O–H groups in total. The molecule has 0 saturated carbocycles. The molecular formula is C21H27N3O3. The summed E-state index contributed by atoms with van der Waals surface area (Å²) in [5, 5.41) is 5.28. The van der Waals surface area contributed by atoms with Crippen molar-refractivity contribution in [3.63, 3.8) is 0 Å². The van der Waals surface area contributed by atoms with Crippen LogP contribution in [0.25, 0.3) is 0 Å². The minimum atomic E-state index is -0.629. The Labute approximate surface area is 160 Å². The first-order chi connectivity index (χ1) is 12.8. The highest BCUT2D eigenvalue weighted by Gasteiger charge is 2.17. The van der Waals surface area contributed by atoms with Crippen LogP contribution in [0.5, 0.6) is 5.75 Å². The van der Waals surface area contributed by atoms with Crippen LogP contribution >= 0.6 is 0 Å². The van der Waals surface area contributed by atoms with E-state index < -0.39 is 6.04 Å². The Kier molecular flexibility index (Phi) is 7.37. The molecule has 0 spiro atoms. The van der Waals surface area contributed by atoms with Crippen LogP contribution < -0.4 is 21.1 Å². The molecule has 6 nitrogen and oxygen atoms in total. The minimum absolute atomic E-state index is 0.00953. The molecule has 2 rings (SSSR count). The number of amides is 2. The molecule has 0 aliphatic carbocycles. The van der Waals surface area contributed by atoms with E-state index in [2.05, 4.69) is 16.7 Å². The fraction of sp³-hybridized carbons (Fsp3) is 0.333. The van der Waals surface area contributed by atoms with Crippen LogP contribution in [0.4, 0.5) is 5.69 Å². The van der Waals surface area contributed by atoms with E-state index >= 15 is 0 Å². The summed E-state index contributed by atoms with van der Waals surface area (Å²) in [6, 6.07) is 14.6. The van der Waals surface area contributed by atoms with Crippen LogP contribution in [-0.4, -0.2) is 24.4 Å². The van der Waals surface area contributed by atoms with Gasteiger partial charge in [-0.3, -0.25) is 9.59 Å². The summed E-state index contributed by atoms with van der Waals surface area (Å²) in [6.07, 6.45) is 0. The molecule has 2 aromatic carbocycles. The zero-order valence-electron chi connectivity index (χ0n) is 16.0. The van der Waals surface area contributed by atoms with E-state index in [1.54, 1.807) is 18.2 Å². The van der Waals surface area contributed by atoms with E-state index in [1.165, 1.54) is 5.56 Å². The standard InChI is InChI=1S/C21H27N3O3/c1-14(2)20(22)21(26)23-12-19(25)24-17-8-5-9-18(11-17)27-13-16-7-4-6-15(3)10-16/h4-11,14,20H,12-13,22H2,1-3H3,(H,23,26)(H,24,25)/t20-/m0/s1. The van der Waals surface area contributed by atoms with E-state index in [1.807, 2.05) is 45.0 Å². The Bertz CT molecular complexity index is 790. The lowest BCUT2D eigenvalue weighted by Crippen LogP contribution is -2.46. The third kappa shape index (κ3) is 6.75. The first kappa shape index (κ1) is 20.5. The Balaban J connectivity index is 1.85. The molecule has 0 fully saturated rings. The van der Waals surface area contributed by atoms with Gasteiger partial charge >= 0.3 is 0 Å². The van der Waals surface area contributed by atoms with Gasteiger partial charge in [-0.2, -0.15) is 0 Å². The highest BCUT2D eigenvalue weighted by Crippen LogP contribution is 2.19. The predicted molar refractivity (Wildman–Crippen MR) is 106 cm³/mol. The zero-order valence-corrected chi connectivity index (χ0v) is 16.0. The smallest absolute Gasteiger partial charge is 0.243 e. The maximum atomic E-state index is 12.0. The number of carbonyl (C=O) groups is 2. The number of anilines is 1. The van der Waals surface area contributed by atoms with Crippen LogP contribution in [0.15, 0.2) is 48.5 Å². The molecule has 1 atom stereocenters. The molecule has 0 saturated heterocycles. The van der Waals surface area contributed by atoms with E-state index in [4.69, 9.17) is 10.5 Å². The number of nitrogens with one attached hydrogen (secondary N) is 2. The highest BCUT2D eigenvalue weighted by atomic mass is 16.5. The first-order valence-corrected chi connectivity index (χ1v) is 8.96. The highest BCUT2D eigenvalue weighted by molar-refractivity contribution is 5.95. The van der Waals surface area contributed by atoms with Crippen LogP contribution in [0.1, 0.15) is 25.0 Å². The lowest BCUT2D eigenvalue weighted by atomic mass is 10.1. The second-order valence-corrected chi connectivity index (χ2v) is 6.84. The third-order valence-electron chi connectivity index (χ3n) is 4.05. The lowest BCUT2D eigenvalue weighted by molar-refractivity contribution is -0.125. The SMILES string of the molecule is Cc1cccc(COc2cccc(NC(=O)CNC(=O)[C@@H](N)C(C)C)c2)c1. The number of nitrogens with two attached hydrogens (primary N) is 1. The molecule has 2 aromatic rings. The Morgan fingerprint density at radius 3 is 2.56 bits per heavy atom. The summed E-state index contributed by atoms with van der Waals surface area (Å²) >= 11 is 0. The molecule has 144 valence electrons. The van der Waals surface area contributed by atoms with Gasteiger partial charge in [-0.05, 0) is 30.5 Å². The molecule has 0 bridgehead atoms. The molecule has 0 unspecified atom stereocenters. The summed E-state index contributed by atoms with van der Waals surface area (Å²) < 4.78 is 5.79. The summed E-state index contributed by atoms with van der Waals surface area (Å²) in [5.74, 6) is 0.000921. The summed E-state index contributed by atoms with van der Waals surface area (Å²) in [6.45, 7) is 6.06. The zero-order chi connectivity index (χ0) is 19.8. The largest absolute Gasteiger partial charge is 0.489 e. The van der Waals surface area contributed by atoms with Crippen LogP contribution in [0, 0.1) is 12.8 Å². The molecule has 0 aliphatic rings. The molecule has 2 amide bonds. The van der Waals surface area contributed by atoms with Gasteiger partial charge in [0.2, 0.25) is 11.8 Å². The van der Waals surface area contributed by atoms with E-state index in [0.29, 0.717) is 18.0 Å². The molecule has 0 heterocycles. The summed E-state index contributed by atoms with van der Waals surface area (Å²) in [4.78, 5) is 23.8. The summed E-state index contributed by atoms with van der Waals surface area (Å²) in [7, 11) is 0. The Morgan fingerprint density at radius 1 is 1.11 bits per heavy atom. The minimum Gasteiger partial charge on any atom is -0.489 e. The topological polar surface area (TPSA) is 93.5 Å². The maximum Gasteiger partial charge on any atom is 0.243 e. The van der Waals surface area contributed by atoms with Crippen molar-refractivity contribution in [1.29, 1.82) is 0 Å². The lowest BCUT2D eigenvalue weighted by Gasteiger charge is -2.15. The van der Waals surface area contributed by atoms with Crippen molar-refractivity contribution >= 4 is 17.5 Å². The van der Waals surface area contributed by atoms with Crippen molar-refractivity contribution in [3.8, 4) is 5.75 Å². The quantitative estimate of drug-likeness (QED) is 0.667. The normalized spacial score (nSPS) is 11.7. The van der Waals surface area contributed by atoms with Gasteiger partial charge < -0.3 is 21.1 Å². The Morgan fingerprint density at radius 2 is 1.85 bits per heavy atom. The van der Waals surface area contributed by atoms with Gasteiger partial charge in [0.1, 0.15) is 12.4 Å². The van der Waals surface area contributed by atoms with Crippen molar-refractivity contribution < 1.29 is 14.3 Å². The van der Waals surface area contributed by atoms with Crippen molar-refractivity contribution in [3.05, 3.63) is 59.7 Å². The summed E-state index contributed by atoms with van der Waals surface area (Å²) in [5.41, 5.74) is 8.60. The number of rotatable bonds is 8. The molecule has 0 radical (unpaired) electrons. The van der Waals surface area contributed by atoms with Crippen LogP contribution in [0.3, 0.4) is 0 Å². The fourth-order valence-electron chi connectivity index (χ4n) is 2.43. The Hall–Kier alpha value is -2.86. The van der Waals surface area contributed by atoms with Crippen molar-refractivity contribution in [1.82, 2.24) is 5.32 Å². The van der Waals surface area contributed by atoms with Gasteiger partial charge in [0.25, 0.3) is 0 Å². The number of aryl methyl sites for hydroxylation is 1. The second-order valence-electron chi connectivity index (χ2n) is 6.84. The molecule has 27 heavy (non-hydrogen) atoms. The molecule has 0 aromatic heterocycles. The second kappa shape index (κ2) is 9.73. The van der Waals surface area contributed by atoms with Crippen molar-refractivity contribution in [2.24, 2.45) is 11.7 Å². The van der Waals surface area contributed by atoms with Crippen LogP contribution in [-0.2, 0) is 16.2 Å². The van der Waals surface area contributed by atoms with Gasteiger partial charge in [-0.25, -0.2) is 0 Å². The fourth-order valence-corrected chi connectivity index (χ4v) is 2.43. The number of benzene rings is 2. The average Bonchev–Trinajstić information content (AvgIpc) is 2.64. The van der Waals surface area contributed by atoms with Gasteiger partial charge in [0, 0.05) is 11.8 Å². The van der Waals surface area contributed by atoms with Crippen LogP contribution in [0.2, 0.25) is 0 Å². The van der Waals surface area contributed by atoms with E-state index in [9.17, 15) is 9.59 Å². The molecule has 0 aliphatic heterocycles. The number of carbonyl (C=O) groups excluding carboxylic acids is 2. The number of ether oxygens (including phenoxy) is 1. The molecule has 6 heteroatoms. The molecular weight excluding hydrogens is 342 g/mol. The number of hydrogen-bond acceptors (Lipinski definition) is 4. The van der Waals surface area contributed by atoms with Gasteiger partial charge in [-0.1, -0.05) is 49.7 Å². The third-order valence-corrected chi connectivity index (χ3v) is 4.05. The van der Waals surface area contributed by atoms with E-state index in [-0.39, 0.29) is 24.3 Å². The van der Waals surface area contributed by atoms with Crippen molar-refractivity contribution in [2.45, 2.75) is 33.4 Å². The number of hydrogen-bond donors (Lipinski definition) is 3. The predicted octanol–water partition coefficient (Wildman–Crippen LogP) is 2.61. The first-order valence-electron chi connectivity index (χ1n) is 8.96. The van der Waals surface area contributed by atoms with Gasteiger partial charge in [0.05, 0.1) is 12.6 Å². The van der Waals surface area contributed by atoms with Crippen molar-refractivity contribution in [2.75, 3.05) is 11.9 Å². The monoisotopic (exact) mass is 369 g/mol. The average molecular weight is 369 g/mol. The van der Waals surface area contributed by atoms with E-state index in [0.717, 1.165) is 5.56 Å². The van der Waals surface area contributed by atoms with Gasteiger partial charge in [-0.15, -0.1) is 0 Å².